The van der Waals surface area contributed by atoms with Crippen LogP contribution in [0.4, 0.5) is 21.8 Å². The summed E-state index contributed by atoms with van der Waals surface area (Å²) in [4.78, 5) is 8.84. The van der Waals surface area contributed by atoms with Gasteiger partial charge in [0.25, 0.3) is 0 Å². The van der Waals surface area contributed by atoms with Crippen LogP contribution in [0, 0.1) is 12.7 Å². The Kier molecular flexibility index (Phi) is 6.63. The van der Waals surface area contributed by atoms with E-state index in [4.69, 9.17) is 23.2 Å². The summed E-state index contributed by atoms with van der Waals surface area (Å²) in [5, 5.41) is 8.24. The number of aromatic nitrogens is 2. The summed E-state index contributed by atoms with van der Waals surface area (Å²) in [6, 6.07) is 21.1. The fourth-order valence-corrected chi connectivity index (χ4v) is 3.32. The molecule has 0 aliphatic heterocycles. The molecule has 0 aliphatic rings. The molecule has 1 aromatic heterocycles. The number of halogens is 3. The lowest BCUT2D eigenvalue weighted by Gasteiger charge is -2.11. The van der Waals surface area contributed by atoms with E-state index in [0.29, 0.717) is 16.5 Å². The third-order valence-corrected chi connectivity index (χ3v) is 5.08. The topological polar surface area (TPSA) is 62.2 Å². The molecule has 32 heavy (non-hydrogen) atoms. The fourth-order valence-electron chi connectivity index (χ4n) is 2.93. The number of nitrogens with one attached hydrogen (secondary N) is 2. The third kappa shape index (κ3) is 5.41. The van der Waals surface area contributed by atoms with Gasteiger partial charge in [-0.25, -0.2) is 14.8 Å². The highest BCUT2D eigenvalue weighted by Gasteiger charge is 2.14. The zero-order valence-electron chi connectivity index (χ0n) is 17.0. The van der Waals surface area contributed by atoms with Crippen molar-refractivity contribution in [3.8, 4) is 11.3 Å². The number of aryl methyl sites for hydroxylation is 1. The summed E-state index contributed by atoms with van der Waals surface area (Å²) in [5.41, 5.74) is 6.14. The summed E-state index contributed by atoms with van der Waals surface area (Å²) in [6.07, 6.45) is 1.65. The highest BCUT2D eigenvalue weighted by atomic mass is 35.5. The van der Waals surface area contributed by atoms with Gasteiger partial charge in [-0.3, -0.25) is 0 Å². The van der Waals surface area contributed by atoms with E-state index in [1.54, 1.807) is 36.5 Å². The van der Waals surface area contributed by atoms with Gasteiger partial charge in [-0.1, -0.05) is 59.1 Å². The molecule has 2 N–H and O–H groups in total. The van der Waals surface area contributed by atoms with E-state index in [0.717, 1.165) is 16.8 Å². The molecule has 0 atom stereocenters. The molecule has 0 spiro atoms. The maximum absolute atomic E-state index is 14.5. The Balaban J connectivity index is 1.68. The first kappa shape index (κ1) is 21.7. The highest BCUT2D eigenvalue weighted by Crippen LogP contribution is 2.31. The Morgan fingerprint density at radius 2 is 1.69 bits per heavy atom. The average Bonchev–Trinajstić information content (AvgIpc) is 2.77. The number of benzene rings is 3. The summed E-state index contributed by atoms with van der Waals surface area (Å²) >= 11 is 12.2. The molecule has 0 radical (unpaired) electrons. The van der Waals surface area contributed by atoms with E-state index in [9.17, 15) is 4.39 Å². The van der Waals surface area contributed by atoms with Crippen LogP contribution in [-0.2, 0) is 0 Å². The van der Waals surface area contributed by atoms with E-state index < -0.39 is 5.82 Å². The first-order chi connectivity index (χ1) is 15.5. The average molecular weight is 466 g/mol. The molecule has 5 nitrogen and oxygen atoms in total. The number of hydrogen-bond donors (Lipinski definition) is 2. The zero-order valence-corrected chi connectivity index (χ0v) is 18.5. The van der Waals surface area contributed by atoms with Crippen molar-refractivity contribution in [2.24, 2.45) is 5.10 Å². The van der Waals surface area contributed by atoms with Gasteiger partial charge in [-0.2, -0.15) is 10.1 Å². The van der Waals surface area contributed by atoms with Gasteiger partial charge in [0.2, 0.25) is 5.95 Å². The second-order valence-electron chi connectivity index (χ2n) is 6.97. The van der Waals surface area contributed by atoms with Crippen LogP contribution < -0.4 is 10.7 Å². The van der Waals surface area contributed by atoms with Crippen molar-refractivity contribution >= 4 is 46.9 Å². The van der Waals surface area contributed by atoms with Crippen molar-refractivity contribution in [3.05, 3.63) is 99.8 Å². The largest absolute Gasteiger partial charge is 0.340 e. The smallest absolute Gasteiger partial charge is 0.246 e. The predicted molar refractivity (Wildman–Crippen MR) is 130 cm³/mol. The second kappa shape index (κ2) is 9.77. The number of nitrogens with zero attached hydrogens (tertiary/aromatic N) is 3. The van der Waals surface area contributed by atoms with Gasteiger partial charge in [0.1, 0.15) is 11.6 Å². The Morgan fingerprint density at radius 1 is 0.938 bits per heavy atom. The lowest BCUT2D eigenvalue weighted by Crippen LogP contribution is -2.03. The normalized spacial score (nSPS) is 11.0. The first-order valence-electron chi connectivity index (χ1n) is 9.70. The van der Waals surface area contributed by atoms with Crippen molar-refractivity contribution in [1.82, 2.24) is 9.97 Å². The molecular weight excluding hydrogens is 448 g/mol. The fraction of sp³-hybridized carbons (Fsp3) is 0.0417. The minimum atomic E-state index is -0.484. The van der Waals surface area contributed by atoms with Gasteiger partial charge in [-0.15, -0.1) is 0 Å². The van der Waals surface area contributed by atoms with Crippen LogP contribution in [0.2, 0.25) is 10.0 Å². The molecule has 8 heteroatoms. The lowest BCUT2D eigenvalue weighted by molar-refractivity contribution is 0.631. The van der Waals surface area contributed by atoms with Gasteiger partial charge in [-0.05, 0) is 48.9 Å². The second-order valence-corrected chi connectivity index (χ2v) is 7.81. The molecular formula is C24H18Cl2FN5. The van der Waals surface area contributed by atoms with Crippen LogP contribution in [0.25, 0.3) is 11.3 Å². The molecule has 3 aromatic carbocycles. The van der Waals surface area contributed by atoms with Gasteiger partial charge >= 0.3 is 0 Å². The van der Waals surface area contributed by atoms with E-state index in [1.165, 1.54) is 6.07 Å². The van der Waals surface area contributed by atoms with Crippen LogP contribution in [0.1, 0.15) is 11.1 Å². The molecule has 160 valence electrons. The zero-order chi connectivity index (χ0) is 22.5. The SMILES string of the molecule is Cc1ccc(C=NNc2nc(Nc3ccc(Cl)cc3)cc(-c3c(F)cccc3Cl)n2)cc1. The molecule has 0 aliphatic carbocycles. The minimum Gasteiger partial charge on any atom is -0.340 e. The van der Waals surface area contributed by atoms with Gasteiger partial charge in [0.05, 0.1) is 22.5 Å². The molecule has 0 bridgehead atoms. The number of hydrogen-bond acceptors (Lipinski definition) is 5. The Bertz CT molecular complexity index is 1240. The first-order valence-corrected chi connectivity index (χ1v) is 10.5. The molecule has 0 saturated carbocycles. The van der Waals surface area contributed by atoms with Gasteiger partial charge < -0.3 is 5.32 Å². The Labute approximate surface area is 195 Å². The van der Waals surface area contributed by atoms with E-state index in [-0.39, 0.29) is 16.5 Å². The van der Waals surface area contributed by atoms with Crippen molar-refractivity contribution in [3.63, 3.8) is 0 Å². The highest BCUT2D eigenvalue weighted by molar-refractivity contribution is 6.33. The summed E-state index contributed by atoms with van der Waals surface area (Å²) in [5.74, 6) is 0.133. The third-order valence-electron chi connectivity index (χ3n) is 4.52. The maximum atomic E-state index is 14.5. The monoisotopic (exact) mass is 465 g/mol. The Hall–Kier alpha value is -3.48. The number of hydrazone groups is 1. The van der Waals surface area contributed by atoms with E-state index >= 15 is 0 Å². The lowest BCUT2D eigenvalue weighted by atomic mass is 10.1. The van der Waals surface area contributed by atoms with E-state index in [1.807, 2.05) is 43.3 Å². The van der Waals surface area contributed by atoms with Crippen molar-refractivity contribution in [2.45, 2.75) is 6.92 Å². The quantitative estimate of drug-likeness (QED) is 0.235. The maximum Gasteiger partial charge on any atom is 0.246 e. The van der Waals surface area contributed by atoms with Gasteiger partial charge in [0.15, 0.2) is 0 Å². The number of rotatable bonds is 6. The van der Waals surface area contributed by atoms with Crippen LogP contribution in [-0.4, -0.2) is 16.2 Å². The summed E-state index contributed by atoms with van der Waals surface area (Å²) in [7, 11) is 0. The summed E-state index contributed by atoms with van der Waals surface area (Å²) in [6.45, 7) is 2.02. The van der Waals surface area contributed by atoms with Crippen molar-refractivity contribution in [1.29, 1.82) is 0 Å². The Morgan fingerprint density at radius 3 is 2.41 bits per heavy atom. The van der Waals surface area contributed by atoms with Crippen LogP contribution >= 0.6 is 23.2 Å². The van der Waals surface area contributed by atoms with E-state index in [2.05, 4.69) is 25.8 Å². The predicted octanol–water partition coefficient (Wildman–Crippen LogP) is 7.09. The van der Waals surface area contributed by atoms with Gasteiger partial charge in [0, 0.05) is 16.8 Å². The standard InChI is InChI=1S/C24H18Cl2FN5/c1-15-5-7-16(8-6-15)14-28-32-24-30-21(23-19(26)3-2-4-20(23)27)13-22(31-24)29-18-11-9-17(25)10-12-18/h2-14H,1H3,(H2,29,30,31,32). The number of anilines is 3. The molecule has 4 rings (SSSR count). The van der Waals surface area contributed by atoms with Crippen molar-refractivity contribution in [2.75, 3.05) is 10.7 Å². The molecule has 0 unspecified atom stereocenters. The van der Waals surface area contributed by atoms with Crippen LogP contribution in [0.5, 0.6) is 0 Å². The van der Waals surface area contributed by atoms with Crippen LogP contribution in [0.3, 0.4) is 0 Å². The van der Waals surface area contributed by atoms with Crippen molar-refractivity contribution < 1.29 is 4.39 Å². The minimum absolute atomic E-state index is 0.182. The molecule has 1 heterocycles. The molecule has 0 amide bonds. The summed E-state index contributed by atoms with van der Waals surface area (Å²) < 4.78 is 14.5. The molecule has 0 fully saturated rings. The molecule has 0 saturated heterocycles. The molecule has 4 aromatic rings. The van der Waals surface area contributed by atoms with Crippen LogP contribution in [0.15, 0.2) is 77.9 Å².